The van der Waals surface area contributed by atoms with Crippen molar-refractivity contribution >= 4 is 11.9 Å². The highest BCUT2D eigenvalue weighted by atomic mass is 16.4. The van der Waals surface area contributed by atoms with Crippen LogP contribution in [-0.4, -0.2) is 28.6 Å². The average Bonchev–Trinajstić information content (AvgIpc) is 2.14. The predicted octanol–water partition coefficient (Wildman–Crippen LogP) is 1.37. The zero-order valence-corrected chi connectivity index (χ0v) is 12.2. The molecule has 0 fully saturated rings. The highest BCUT2D eigenvalue weighted by Crippen LogP contribution is 2.30. The van der Waals surface area contributed by atoms with Gasteiger partial charge in [0.25, 0.3) is 0 Å². The lowest BCUT2D eigenvalue weighted by molar-refractivity contribution is -0.151. The number of nitrogens with one attached hydrogen (secondary N) is 1. The van der Waals surface area contributed by atoms with Crippen LogP contribution in [0.5, 0.6) is 0 Å². The second-order valence-corrected chi connectivity index (χ2v) is 6.28. The zero-order valence-electron chi connectivity index (χ0n) is 12.2. The number of nitrogens with two attached hydrogens (primary N) is 1. The van der Waals surface area contributed by atoms with Gasteiger partial charge < -0.3 is 16.2 Å². The maximum atomic E-state index is 11.9. The number of carbonyl (C=O) groups excluding carboxylic acids is 1. The van der Waals surface area contributed by atoms with Crippen molar-refractivity contribution in [2.75, 3.05) is 0 Å². The van der Waals surface area contributed by atoms with E-state index in [2.05, 4.69) is 5.32 Å². The van der Waals surface area contributed by atoms with Crippen LogP contribution >= 0.6 is 0 Å². The Morgan fingerprint density at radius 1 is 1.22 bits per heavy atom. The summed E-state index contributed by atoms with van der Waals surface area (Å²) in [5.41, 5.74) is 3.85. The lowest BCUT2D eigenvalue weighted by atomic mass is 9.74. The largest absolute Gasteiger partial charge is 0.481 e. The summed E-state index contributed by atoms with van der Waals surface area (Å²) in [5.74, 6) is -0.936. The molecule has 0 aromatic rings. The van der Waals surface area contributed by atoms with Gasteiger partial charge in [0.2, 0.25) is 5.91 Å². The van der Waals surface area contributed by atoms with Gasteiger partial charge in [-0.25, -0.2) is 0 Å². The smallest absolute Gasteiger partial charge is 0.311 e. The SMILES string of the molecule is CC(C)C[C@@H](N)C(=O)NC(C)(C)C(C)(C)C(=O)O. The molecule has 4 N–H and O–H groups in total. The third kappa shape index (κ3) is 3.98. The van der Waals surface area contributed by atoms with Gasteiger partial charge in [0.05, 0.1) is 17.0 Å². The van der Waals surface area contributed by atoms with Crippen molar-refractivity contribution in [1.29, 1.82) is 0 Å². The third-order valence-electron chi connectivity index (χ3n) is 3.59. The molecule has 0 heterocycles. The Hall–Kier alpha value is -1.10. The maximum Gasteiger partial charge on any atom is 0.311 e. The molecule has 0 aliphatic carbocycles. The van der Waals surface area contributed by atoms with Crippen molar-refractivity contribution in [1.82, 2.24) is 5.32 Å². The quantitative estimate of drug-likeness (QED) is 0.671. The summed E-state index contributed by atoms with van der Waals surface area (Å²) in [6.45, 7) is 10.5. The van der Waals surface area contributed by atoms with E-state index in [1.807, 2.05) is 13.8 Å². The van der Waals surface area contributed by atoms with E-state index in [4.69, 9.17) is 5.73 Å². The molecular formula is C13H26N2O3. The highest BCUT2D eigenvalue weighted by Gasteiger charge is 2.44. The van der Waals surface area contributed by atoms with Crippen molar-refractivity contribution in [2.45, 2.75) is 59.5 Å². The molecule has 5 heteroatoms. The van der Waals surface area contributed by atoms with E-state index in [0.717, 1.165) is 0 Å². The predicted molar refractivity (Wildman–Crippen MR) is 71.1 cm³/mol. The molecule has 0 aromatic heterocycles. The number of amides is 1. The summed E-state index contributed by atoms with van der Waals surface area (Å²) in [6, 6.07) is -0.603. The second-order valence-electron chi connectivity index (χ2n) is 6.28. The lowest BCUT2D eigenvalue weighted by Crippen LogP contribution is -2.59. The first-order valence-electron chi connectivity index (χ1n) is 6.23. The van der Waals surface area contributed by atoms with E-state index in [1.165, 1.54) is 0 Å². The first-order chi connectivity index (χ1) is 7.91. The molecular weight excluding hydrogens is 232 g/mol. The van der Waals surface area contributed by atoms with Gasteiger partial charge in [-0.3, -0.25) is 9.59 Å². The summed E-state index contributed by atoms with van der Waals surface area (Å²) < 4.78 is 0. The standard InChI is InChI=1S/C13H26N2O3/c1-8(2)7-9(14)10(16)15-13(5,6)12(3,4)11(17)18/h8-9H,7,14H2,1-6H3,(H,15,16)(H,17,18)/t9-/m1/s1. The minimum absolute atomic E-state index is 0.303. The summed E-state index contributed by atoms with van der Waals surface area (Å²) in [5, 5.41) is 11.9. The van der Waals surface area contributed by atoms with E-state index in [9.17, 15) is 14.7 Å². The van der Waals surface area contributed by atoms with Crippen LogP contribution in [0.2, 0.25) is 0 Å². The third-order valence-corrected chi connectivity index (χ3v) is 3.59. The number of hydrogen-bond acceptors (Lipinski definition) is 3. The number of carboxylic acid groups (broad SMARTS) is 1. The van der Waals surface area contributed by atoms with E-state index < -0.39 is 23.0 Å². The van der Waals surface area contributed by atoms with Crippen LogP contribution in [0.25, 0.3) is 0 Å². The topological polar surface area (TPSA) is 92.4 Å². The molecule has 18 heavy (non-hydrogen) atoms. The zero-order chi connectivity index (χ0) is 14.7. The molecule has 0 bridgehead atoms. The number of rotatable bonds is 6. The fraction of sp³-hybridized carbons (Fsp3) is 0.846. The van der Waals surface area contributed by atoms with E-state index in [1.54, 1.807) is 27.7 Å². The Kier molecular flexibility index (Phi) is 5.35. The summed E-state index contributed by atoms with van der Waals surface area (Å²) >= 11 is 0. The minimum atomic E-state index is -1.07. The lowest BCUT2D eigenvalue weighted by Gasteiger charge is -2.39. The molecule has 1 atom stereocenters. The molecule has 5 nitrogen and oxygen atoms in total. The van der Waals surface area contributed by atoms with Crippen LogP contribution in [0.3, 0.4) is 0 Å². The number of carboxylic acids is 1. The molecule has 0 unspecified atom stereocenters. The number of carbonyl (C=O) groups is 2. The van der Waals surface area contributed by atoms with Crippen molar-refractivity contribution in [3.05, 3.63) is 0 Å². The molecule has 106 valence electrons. The van der Waals surface area contributed by atoms with Crippen LogP contribution in [0.4, 0.5) is 0 Å². The molecule has 0 aliphatic heterocycles. The van der Waals surface area contributed by atoms with Gasteiger partial charge in [-0.15, -0.1) is 0 Å². The monoisotopic (exact) mass is 258 g/mol. The van der Waals surface area contributed by atoms with Crippen molar-refractivity contribution in [3.63, 3.8) is 0 Å². The van der Waals surface area contributed by atoms with Crippen LogP contribution in [0.1, 0.15) is 48.0 Å². The normalized spacial score (nSPS) is 14.4. The Bertz CT molecular complexity index is 322. The molecule has 0 saturated heterocycles. The summed E-state index contributed by atoms with van der Waals surface area (Å²) in [4.78, 5) is 23.1. The van der Waals surface area contributed by atoms with Crippen molar-refractivity contribution < 1.29 is 14.7 Å². The minimum Gasteiger partial charge on any atom is -0.481 e. The van der Waals surface area contributed by atoms with Crippen molar-refractivity contribution in [3.8, 4) is 0 Å². The van der Waals surface area contributed by atoms with Gasteiger partial charge in [-0.2, -0.15) is 0 Å². The molecule has 0 aliphatic rings. The van der Waals surface area contributed by atoms with E-state index >= 15 is 0 Å². The molecule has 1 amide bonds. The van der Waals surface area contributed by atoms with Crippen LogP contribution in [0, 0.1) is 11.3 Å². The van der Waals surface area contributed by atoms with Crippen molar-refractivity contribution in [2.24, 2.45) is 17.1 Å². The Balaban J connectivity index is 4.78. The van der Waals surface area contributed by atoms with Gasteiger partial charge in [0.15, 0.2) is 0 Å². The summed E-state index contributed by atoms with van der Waals surface area (Å²) in [7, 11) is 0. The van der Waals surface area contributed by atoms with Crippen LogP contribution in [-0.2, 0) is 9.59 Å². The van der Waals surface area contributed by atoms with E-state index in [0.29, 0.717) is 12.3 Å². The number of hydrogen-bond donors (Lipinski definition) is 3. The molecule has 0 aromatic carbocycles. The van der Waals surface area contributed by atoms with Gasteiger partial charge in [-0.05, 0) is 40.0 Å². The maximum absolute atomic E-state index is 11.9. The summed E-state index contributed by atoms with van der Waals surface area (Å²) in [6.07, 6.45) is 0.579. The van der Waals surface area contributed by atoms with Gasteiger partial charge >= 0.3 is 5.97 Å². The Labute approximate surface area is 109 Å². The van der Waals surface area contributed by atoms with E-state index in [-0.39, 0.29) is 5.91 Å². The van der Waals surface area contributed by atoms with Crippen LogP contribution < -0.4 is 11.1 Å². The average molecular weight is 258 g/mol. The second kappa shape index (κ2) is 5.69. The molecule has 0 rings (SSSR count). The Morgan fingerprint density at radius 3 is 2.00 bits per heavy atom. The first-order valence-corrected chi connectivity index (χ1v) is 6.23. The first kappa shape index (κ1) is 16.9. The van der Waals surface area contributed by atoms with Gasteiger partial charge in [0.1, 0.15) is 0 Å². The molecule has 0 spiro atoms. The molecule has 0 radical (unpaired) electrons. The Morgan fingerprint density at radius 2 is 1.67 bits per heavy atom. The van der Waals surface area contributed by atoms with Gasteiger partial charge in [-0.1, -0.05) is 13.8 Å². The van der Waals surface area contributed by atoms with Crippen LogP contribution in [0.15, 0.2) is 0 Å². The van der Waals surface area contributed by atoms with Gasteiger partial charge in [0, 0.05) is 0 Å². The fourth-order valence-corrected chi connectivity index (χ4v) is 1.44. The fourth-order valence-electron chi connectivity index (χ4n) is 1.44. The highest BCUT2D eigenvalue weighted by molar-refractivity contribution is 5.84. The molecule has 0 saturated carbocycles. The number of aliphatic carboxylic acids is 1.